The van der Waals surface area contributed by atoms with Gasteiger partial charge in [-0.15, -0.1) is 0 Å². The molecule has 3 aromatic rings. The van der Waals surface area contributed by atoms with Crippen molar-refractivity contribution >= 4 is 31.1 Å². The van der Waals surface area contributed by atoms with Gasteiger partial charge in [0.25, 0.3) is 0 Å². The van der Waals surface area contributed by atoms with E-state index in [2.05, 4.69) is 9.97 Å². The molecule has 0 unspecified atom stereocenters. The molecule has 1 aliphatic heterocycles. The van der Waals surface area contributed by atoms with Crippen LogP contribution in [0.4, 0.5) is 0 Å². The molecule has 0 bridgehead atoms. The smallest absolute Gasteiger partial charge is 0.243 e. The second-order valence-corrected chi connectivity index (χ2v) is 11.8. The van der Waals surface area contributed by atoms with Gasteiger partial charge in [0.2, 0.25) is 20.0 Å². The van der Waals surface area contributed by atoms with Crippen LogP contribution in [-0.2, 0) is 20.0 Å². The Balaban J connectivity index is 1.47. The Kier molecular flexibility index (Phi) is 6.39. The summed E-state index contributed by atoms with van der Waals surface area (Å²) in [5.74, 6) is 1.07. The molecule has 0 radical (unpaired) electrons. The Labute approximate surface area is 189 Å². The summed E-state index contributed by atoms with van der Waals surface area (Å²) in [5.41, 5.74) is 1.90. The Morgan fingerprint density at radius 1 is 0.938 bits per heavy atom. The van der Waals surface area contributed by atoms with Crippen LogP contribution in [0, 0.1) is 0 Å². The van der Waals surface area contributed by atoms with E-state index in [1.54, 1.807) is 13.8 Å². The van der Waals surface area contributed by atoms with Crippen molar-refractivity contribution in [3.63, 3.8) is 0 Å². The highest BCUT2D eigenvalue weighted by Gasteiger charge is 2.31. The number of fused-ring (bicyclic) bond motifs is 1. The van der Waals surface area contributed by atoms with Crippen molar-refractivity contribution in [2.45, 2.75) is 42.4 Å². The van der Waals surface area contributed by atoms with Crippen molar-refractivity contribution in [2.75, 3.05) is 26.2 Å². The van der Waals surface area contributed by atoms with Crippen LogP contribution in [0.15, 0.2) is 58.3 Å². The zero-order valence-corrected chi connectivity index (χ0v) is 19.9. The van der Waals surface area contributed by atoms with Gasteiger partial charge in [-0.2, -0.15) is 8.61 Å². The van der Waals surface area contributed by atoms with E-state index in [4.69, 9.17) is 0 Å². The third-order valence-electron chi connectivity index (χ3n) is 6.05. The quantitative estimate of drug-likeness (QED) is 0.564. The summed E-state index contributed by atoms with van der Waals surface area (Å²) in [6.45, 7) is 5.05. The molecule has 0 saturated carbocycles. The van der Waals surface area contributed by atoms with Crippen LogP contribution in [0.5, 0.6) is 0 Å². The Bertz CT molecular complexity index is 1260. The summed E-state index contributed by atoms with van der Waals surface area (Å²) in [6.07, 6.45) is 1.35. The van der Waals surface area contributed by atoms with E-state index in [1.165, 1.54) is 32.9 Å². The van der Waals surface area contributed by atoms with Gasteiger partial charge in [-0.25, -0.2) is 21.8 Å². The van der Waals surface area contributed by atoms with E-state index < -0.39 is 20.0 Å². The summed E-state index contributed by atoms with van der Waals surface area (Å²) >= 11 is 0. The van der Waals surface area contributed by atoms with Crippen molar-refractivity contribution < 1.29 is 16.8 Å². The number of sulfonamides is 2. The minimum atomic E-state index is -3.69. The molecule has 0 aliphatic carbocycles. The summed E-state index contributed by atoms with van der Waals surface area (Å²) < 4.78 is 54.4. The molecule has 2 aromatic carbocycles. The lowest BCUT2D eigenvalue weighted by molar-refractivity contribution is 0.314. The predicted octanol–water partition coefficient (Wildman–Crippen LogP) is 3.16. The largest absolute Gasteiger partial charge is 0.342 e. The second-order valence-electron chi connectivity index (χ2n) is 7.88. The van der Waals surface area contributed by atoms with Gasteiger partial charge in [-0.05, 0) is 49.2 Å². The molecule has 10 heteroatoms. The number of hydrogen-bond donors (Lipinski definition) is 1. The number of nitrogens with one attached hydrogen (secondary N) is 1. The summed E-state index contributed by atoms with van der Waals surface area (Å²) in [4.78, 5) is 8.22. The fourth-order valence-electron chi connectivity index (χ4n) is 4.18. The molecule has 172 valence electrons. The van der Waals surface area contributed by atoms with Gasteiger partial charge >= 0.3 is 0 Å². The fourth-order valence-corrected chi connectivity index (χ4v) is 7.11. The third kappa shape index (κ3) is 4.19. The first-order valence-corrected chi connectivity index (χ1v) is 13.7. The molecule has 0 spiro atoms. The van der Waals surface area contributed by atoms with Gasteiger partial charge in [-0.1, -0.05) is 26.0 Å². The van der Waals surface area contributed by atoms with Crippen molar-refractivity contribution in [1.29, 1.82) is 0 Å². The minimum absolute atomic E-state index is 0.101. The highest BCUT2D eigenvalue weighted by Crippen LogP contribution is 2.30. The summed E-state index contributed by atoms with van der Waals surface area (Å²) in [5, 5.41) is 0. The van der Waals surface area contributed by atoms with Gasteiger partial charge < -0.3 is 4.98 Å². The van der Waals surface area contributed by atoms with E-state index in [1.807, 2.05) is 24.3 Å². The number of nitrogens with zero attached hydrogens (tertiary/aromatic N) is 3. The number of aromatic amines is 1. The molecule has 1 saturated heterocycles. The first-order valence-electron chi connectivity index (χ1n) is 10.8. The first-order chi connectivity index (χ1) is 15.3. The van der Waals surface area contributed by atoms with Crippen LogP contribution < -0.4 is 0 Å². The molecular weight excluding hydrogens is 448 g/mol. The van der Waals surface area contributed by atoms with E-state index in [-0.39, 0.29) is 15.7 Å². The molecule has 8 nitrogen and oxygen atoms in total. The van der Waals surface area contributed by atoms with Gasteiger partial charge in [0.15, 0.2) is 0 Å². The predicted molar refractivity (Wildman–Crippen MR) is 123 cm³/mol. The number of piperidine rings is 1. The number of aromatic nitrogens is 2. The van der Waals surface area contributed by atoms with Crippen molar-refractivity contribution in [1.82, 2.24) is 18.6 Å². The Hall–Kier alpha value is -2.27. The lowest BCUT2D eigenvalue weighted by Gasteiger charge is -2.30. The molecule has 1 aromatic heterocycles. The molecule has 32 heavy (non-hydrogen) atoms. The number of benzene rings is 2. The number of H-pyrrole nitrogens is 1. The average molecular weight is 477 g/mol. The van der Waals surface area contributed by atoms with Crippen molar-refractivity contribution in [3.05, 3.63) is 54.4 Å². The fraction of sp³-hybridized carbons (Fsp3) is 0.409. The summed E-state index contributed by atoms with van der Waals surface area (Å²) in [6, 6.07) is 13.4. The van der Waals surface area contributed by atoms with Crippen LogP contribution >= 0.6 is 0 Å². The van der Waals surface area contributed by atoms with Gasteiger partial charge in [0.05, 0.1) is 20.8 Å². The standard InChI is InChI=1S/C22H28N4O4S2/c1-3-25(4-2)31(27,28)18-9-11-19(12-10-18)32(29,30)26-15-13-17(14-16-26)22-23-20-7-5-6-8-21(20)24-22/h5-12,17H,3-4,13-16H2,1-2H3,(H,23,24). The molecular formula is C22H28N4O4S2. The van der Waals surface area contributed by atoms with Crippen LogP contribution in [0.2, 0.25) is 0 Å². The highest BCUT2D eigenvalue weighted by atomic mass is 32.2. The monoisotopic (exact) mass is 476 g/mol. The van der Waals surface area contributed by atoms with Crippen LogP contribution in [0.1, 0.15) is 38.4 Å². The maximum atomic E-state index is 13.1. The normalized spacial score (nSPS) is 16.7. The van der Waals surface area contributed by atoms with Crippen molar-refractivity contribution in [2.24, 2.45) is 0 Å². The number of rotatable bonds is 7. The van der Waals surface area contributed by atoms with E-state index >= 15 is 0 Å². The molecule has 2 heterocycles. The maximum Gasteiger partial charge on any atom is 0.243 e. The lowest BCUT2D eigenvalue weighted by atomic mass is 9.97. The van der Waals surface area contributed by atoms with E-state index in [9.17, 15) is 16.8 Å². The SMILES string of the molecule is CCN(CC)S(=O)(=O)c1ccc(S(=O)(=O)N2CCC(c3nc4ccccc4[nH]3)CC2)cc1. The van der Waals surface area contributed by atoms with Gasteiger partial charge in [-0.3, -0.25) is 0 Å². The third-order valence-corrected chi connectivity index (χ3v) is 10.0. The zero-order chi connectivity index (χ0) is 22.9. The lowest BCUT2D eigenvalue weighted by Crippen LogP contribution is -2.38. The number of imidazole rings is 1. The van der Waals surface area contributed by atoms with Crippen LogP contribution in [0.3, 0.4) is 0 Å². The van der Waals surface area contributed by atoms with Crippen LogP contribution in [-0.4, -0.2) is 61.6 Å². The van der Waals surface area contributed by atoms with Crippen LogP contribution in [0.25, 0.3) is 11.0 Å². The molecule has 1 fully saturated rings. The number of hydrogen-bond acceptors (Lipinski definition) is 5. The van der Waals surface area contributed by atoms with Gasteiger partial charge in [0.1, 0.15) is 5.82 Å². The van der Waals surface area contributed by atoms with E-state index in [0.717, 1.165) is 16.9 Å². The molecule has 4 rings (SSSR count). The number of para-hydroxylation sites is 2. The minimum Gasteiger partial charge on any atom is -0.342 e. The zero-order valence-electron chi connectivity index (χ0n) is 18.2. The maximum absolute atomic E-state index is 13.1. The molecule has 1 N–H and O–H groups in total. The van der Waals surface area contributed by atoms with Gasteiger partial charge in [0, 0.05) is 32.1 Å². The Morgan fingerprint density at radius 3 is 2.12 bits per heavy atom. The average Bonchev–Trinajstić information content (AvgIpc) is 3.24. The van der Waals surface area contributed by atoms with Crippen molar-refractivity contribution in [3.8, 4) is 0 Å². The molecule has 1 aliphatic rings. The second kappa shape index (κ2) is 8.93. The molecule has 0 amide bonds. The highest BCUT2D eigenvalue weighted by molar-refractivity contribution is 7.89. The van der Waals surface area contributed by atoms with E-state index in [0.29, 0.717) is 39.0 Å². The summed E-state index contributed by atoms with van der Waals surface area (Å²) in [7, 11) is -7.31. The Morgan fingerprint density at radius 2 is 1.53 bits per heavy atom. The molecule has 0 atom stereocenters. The topological polar surface area (TPSA) is 103 Å². The first kappa shape index (κ1) is 22.9.